The van der Waals surface area contributed by atoms with Gasteiger partial charge in [-0.25, -0.2) is 9.29 Å². The van der Waals surface area contributed by atoms with Gasteiger partial charge in [0.15, 0.2) is 0 Å². The first-order valence-electron chi connectivity index (χ1n) is 9.86. The lowest BCUT2D eigenvalue weighted by molar-refractivity contribution is -0.120. The van der Waals surface area contributed by atoms with E-state index in [2.05, 4.69) is 5.32 Å². The van der Waals surface area contributed by atoms with Crippen LogP contribution in [0.3, 0.4) is 0 Å². The Morgan fingerprint density at radius 1 is 0.906 bits per heavy atom. The molecule has 1 N–H and O–H groups in total. The first kappa shape index (κ1) is 21.6. The topological polar surface area (TPSA) is 58.6 Å². The zero-order chi connectivity index (χ0) is 23.0. The molecule has 0 saturated heterocycles. The molecule has 1 aliphatic heterocycles. The quantitative estimate of drug-likeness (QED) is 0.521. The Bertz CT molecular complexity index is 1250. The molecule has 5 nitrogen and oxygen atoms in total. The minimum atomic E-state index is -0.533. The van der Waals surface area contributed by atoms with Gasteiger partial charge in [0.05, 0.1) is 23.4 Å². The predicted molar refractivity (Wildman–Crippen MR) is 123 cm³/mol. The van der Waals surface area contributed by atoms with E-state index in [1.54, 1.807) is 12.1 Å². The lowest BCUT2D eigenvalue weighted by Crippen LogP contribution is -2.32. The van der Waals surface area contributed by atoms with Crippen LogP contribution < -0.4 is 15.0 Å². The highest BCUT2D eigenvalue weighted by atomic mass is 35.5. The molecular weight excluding hydrogens is 431 g/mol. The summed E-state index contributed by atoms with van der Waals surface area (Å²) in [6.07, 6.45) is 0. The van der Waals surface area contributed by atoms with Crippen molar-refractivity contribution in [1.82, 2.24) is 0 Å². The van der Waals surface area contributed by atoms with Crippen molar-refractivity contribution in [2.75, 3.05) is 17.3 Å². The van der Waals surface area contributed by atoms with Crippen LogP contribution in [-0.2, 0) is 9.59 Å². The number of benzene rings is 3. The summed E-state index contributed by atoms with van der Waals surface area (Å²) in [5.41, 5.74) is 3.69. The molecule has 3 aromatic carbocycles. The molecule has 162 valence electrons. The fourth-order valence-corrected chi connectivity index (χ4v) is 4.00. The van der Waals surface area contributed by atoms with Crippen LogP contribution in [0.5, 0.6) is 5.75 Å². The molecule has 1 heterocycles. The minimum absolute atomic E-state index is 0.110. The van der Waals surface area contributed by atoms with Crippen molar-refractivity contribution in [2.45, 2.75) is 13.8 Å². The van der Waals surface area contributed by atoms with Gasteiger partial charge in [0, 0.05) is 5.69 Å². The molecule has 0 unspecified atom stereocenters. The molecule has 0 atom stereocenters. The largest absolute Gasteiger partial charge is 0.495 e. The summed E-state index contributed by atoms with van der Waals surface area (Å²) >= 11 is 6.23. The third-order valence-electron chi connectivity index (χ3n) is 5.10. The summed E-state index contributed by atoms with van der Waals surface area (Å²) in [7, 11) is 1.48. The maximum absolute atomic E-state index is 13.5. The van der Waals surface area contributed by atoms with Crippen LogP contribution in [0.1, 0.15) is 16.7 Å². The molecule has 0 spiro atoms. The number of rotatable bonds is 5. The highest BCUT2D eigenvalue weighted by Crippen LogP contribution is 2.36. The van der Waals surface area contributed by atoms with Crippen molar-refractivity contribution in [3.63, 3.8) is 0 Å². The van der Waals surface area contributed by atoms with E-state index in [9.17, 15) is 14.0 Å². The van der Waals surface area contributed by atoms with Gasteiger partial charge in [-0.05, 0) is 73.0 Å². The zero-order valence-electron chi connectivity index (χ0n) is 17.7. The van der Waals surface area contributed by atoms with Gasteiger partial charge in [-0.1, -0.05) is 29.8 Å². The number of aryl methyl sites for hydroxylation is 2. The number of carbonyl (C=O) groups is 2. The second kappa shape index (κ2) is 8.48. The molecule has 7 heteroatoms. The third kappa shape index (κ3) is 3.97. The van der Waals surface area contributed by atoms with E-state index in [-0.39, 0.29) is 16.3 Å². The third-order valence-corrected chi connectivity index (χ3v) is 5.40. The Kier molecular flexibility index (Phi) is 5.72. The van der Waals surface area contributed by atoms with Crippen molar-refractivity contribution in [1.29, 1.82) is 0 Å². The highest BCUT2D eigenvalue weighted by Gasteiger charge is 2.40. The lowest BCUT2D eigenvalue weighted by atomic mass is 10.0. The average Bonchev–Trinajstić information content (AvgIpc) is 2.97. The first-order valence-corrected chi connectivity index (χ1v) is 10.2. The summed E-state index contributed by atoms with van der Waals surface area (Å²) < 4.78 is 18.7. The van der Waals surface area contributed by atoms with Crippen LogP contribution in [0.15, 0.2) is 66.4 Å². The molecule has 0 aromatic heterocycles. The predicted octanol–water partition coefficient (Wildman–Crippen LogP) is 5.50. The Labute approximate surface area is 190 Å². The first-order chi connectivity index (χ1) is 15.3. The summed E-state index contributed by atoms with van der Waals surface area (Å²) in [6.45, 7) is 3.89. The molecule has 1 aliphatic rings. The minimum Gasteiger partial charge on any atom is -0.495 e. The molecule has 0 aliphatic carbocycles. The Hall–Kier alpha value is -3.64. The van der Waals surface area contributed by atoms with Crippen LogP contribution in [0.25, 0.3) is 5.57 Å². The fourth-order valence-electron chi connectivity index (χ4n) is 3.75. The molecule has 0 bridgehead atoms. The summed E-state index contributed by atoms with van der Waals surface area (Å²) in [4.78, 5) is 27.9. The number of nitrogens with zero attached hydrogens (tertiary/aromatic N) is 1. The SMILES string of the molecule is COc1ccc(N2C(=O)C(Nc3cc(C)cc(C)c3)=C(c3ccc(F)cc3)C2=O)cc1Cl. The van der Waals surface area contributed by atoms with Crippen LogP contribution in [-0.4, -0.2) is 18.9 Å². The van der Waals surface area contributed by atoms with E-state index in [0.717, 1.165) is 16.0 Å². The van der Waals surface area contributed by atoms with Crippen molar-refractivity contribution < 1.29 is 18.7 Å². The number of nitrogens with one attached hydrogen (secondary N) is 1. The lowest BCUT2D eigenvalue weighted by Gasteiger charge is -2.17. The van der Waals surface area contributed by atoms with E-state index in [1.165, 1.54) is 37.4 Å². The van der Waals surface area contributed by atoms with E-state index in [0.29, 0.717) is 22.7 Å². The average molecular weight is 451 g/mol. The van der Waals surface area contributed by atoms with Crippen LogP contribution in [0.2, 0.25) is 5.02 Å². The standard InChI is InChI=1S/C25H20ClFN2O3/c1-14-10-15(2)12-18(11-14)28-23-22(16-4-6-17(27)7-5-16)24(30)29(25(23)31)19-8-9-21(32-3)20(26)13-19/h4-13,28H,1-3H3. The smallest absolute Gasteiger partial charge is 0.282 e. The number of anilines is 2. The number of hydrogen-bond donors (Lipinski definition) is 1. The van der Waals surface area contributed by atoms with Crippen molar-refractivity contribution in [3.8, 4) is 5.75 Å². The Morgan fingerprint density at radius 3 is 2.16 bits per heavy atom. The number of halogens is 2. The summed E-state index contributed by atoms with van der Waals surface area (Å²) in [6, 6.07) is 15.9. The maximum atomic E-state index is 13.5. The maximum Gasteiger partial charge on any atom is 0.282 e. The van der Waals surface area contributed by atoms with E-state index < -0.39 is 17.6 Å². The van der Waals surface area contributed by atoms with Gasteiger partial charge in [0.2, 0.25) is 0 Å². The Morgan fingerprint density at radius 2 is 1.56 bits per heavy atom. The van der Waals surface area contributed by atoms with E-state index in [1.807, 2.05) is 32.0 Å². The van der Waals surface area contributed by atoms with Crippen molar-refractivity contribution >= 4 is 40.4 Å². The summed E-state index contributed by atoms with van der Waals surface area (Å²) in [5.74, 6) is -1.08. The number of amides is 2. The van der Waals surface area contributed by atoms with Gasteiger partial charge in [0.25, 0.3) is 11.8 Å². The van der Waals surface area contributed by atoms with Gasteiger partial charge in [-0.2, -0.15) is 0 Å². The van der Waals surface area contributed by atoms with Gasteiger partial charge in [-0.15, -0.1) is 0 Å². The van der Waals surface area contributed by atoms with E-state index >= 15 is 0 Å². The van der Waals surface area contributed by atoms with Crippen LogP contribution in [0, 0.1) is 19.7 Å². The van der Waals surface area contributed by atoms with Crippen LogP contribution >= 0.6 is 11.6 Å². The van der Waals surface area contributed by atoms with Crippen molar-refractivity contribution in [3.05, 3.63) is 93.9 Å². The molecule has 4 rings (SSSR count). The number of imide groups is 1. The highest BCUT2D eigenvalue weighted by molar-refractivity contribution is 6.46. The van der Waals surface area contributed by atoms with Gasteiger partial charge < -0.3 is 10.1 Å². The number of ether oxygens (including phenoxy) is 1. The number of carbonyl (C=O) groups excluding carboxylic acids is 2. The zero-order valence-corrected chi connectivity index (χ0v) is 18.5. The molecule has 2 amide bonds. The number of methoxy groups -OCH3 is 1. The molecule has 3 aromatic rings. The second-order valence-corrected chi connectivity index (χ2v) is 7.93. The molecule has 32 heavy (non-hydrogen) atoms. The summed E-state index contributed by atoms with van der Waals surface area (Å²) in [5, 5.41) is 3.39. The number of hydrogen-bond acceptors (Lipinski definition) is 4. The second-order valence-electron chi connectivity index (χ2n) is 7.52. The van der Waals surface area contributed by atoms with Crippen molar-refractivity contribution in [2.24, 2.45) is 0 Å². The normalized spacial score (nSPS) is 13.7. The monoisotopic (exact) mass is 450 g/mol. The molecular formula is C25H20ClFN2O3. The van der Waals surface area contributed by atoms with E-state index in [4.69, 9.17) is 16.3 Å². The van der Waals surface area contributed by atoms with Gasteiger partial charge in [-0.3, -0.25) is 9.59 Å². The Balaban J connectivity index is 1.83. The molecule has 0 saturated carbocycles. The molecule has 0 fully saturated rings. The van der Waals surface area contributed by atoms with Gasteiger partial charge >= 0.3 is 0 Å². The molecule has 0 radical (unpaired) electrons. The fraction of sp³-hybridized carbons (Fsp3) is 0.120. The van der Waals surface area contributed by atoms with Crippen LogP contribution in [0.4, 0.5) is 15.8 Å². The van der Waals surface area contributed by atoms with Gasteiger partial charge in [0.1, 0.15) is 17.3 Å².